The fourth-order valence-electron chi connectivity index (χ4n) is 4.45. The molecule has 0 spiro atoms. The van der Waals surface area contributed by atoms with E-state index in [-0.39, 0.29) is 11.2 Å². The Morgan fingerprint density at radius 3 is 2.90 bits per heavy atom. The van der Waals surface area contributed by atoms with Gasteiger partial charge in [-0.25, -0.2) is 4.98 Å². The first-order valence-electron chi connectivity index (χ1n) is 10.4. The summed E-state index contributed by atoms with van der Waals surface area (Å²) in [6, 6.07) is 11.1. The Bertz CT molecular complexity index is 1270. The van der Waals surface area contributed by atoms with Crippen LogP contribution in [0.3, 0.4) is 0 Å². The lowest BCUT2D eigenvalue weighted by atomic mass is 9.99. The van der Waals surface area contributed by atoms with E-state index in [0.717, 1.165) is 29.7 Å². The van der Waals surface area contributed by atoms with E-state index in [0.29, 0.717) is 45.3 Å². The number of aromatic nitrogens is 1. The van der Waals surface area contributed by atoms with Gasteiger partial charge in [-0.2, -0.15) is 0 Å². The second kappa shape index (κ2) is 7.52. The molecule has 0 bridgehead atoms. The monoisotopic (exact) mass is 420 g/mol. The number of phenolic OH excluding ortho intramolecular Hbond substituents is 1. The van der Waals surface area contributed by atoms with E-state index in [4.69, 9.17) is 4.42 Å². The molecule has 5 rings (SSSR count). The molecule has 1 atom stereocenters. The van der Waals surface area contributed by atoms with Crippen molar-refractivity contribution in [2.24, 2.45) is 5.92 Å². The predicted octanol–water partition coefficient (Wildman–Crippen LogP) is 5.32. The molecule has 6 heteroatoms. The number of para-hydroxylation sites is 1. The summed E-state index contributed by atoms with van der Waals surface area (Å²) in [5.41, 5.74) is 2.47. The lowest BCUT2D eigenvalue weighted by molar-refractivity contribution is 0.175. The summed E-state index contributed by atoms with van der Waals surface area (Å²) in [5.74, 6) is 1.34. The van der Waals surface area contributed by atoms with Gasteiger partial charge < -0.3 is 9.52 Å². The van der Waals surface area contributed by atoms with Gasteiger partial charge in [-0.05, 0) is 56.5 Å². The van der Waals surface area contributed by atoms with Crippen LogP contribution in [0, 0.1) is 12.8 Å². The summed E-state index contributed by atoms with van der Waals surface area (Å²) < 4.78 is 7.22. The number of piperidine rings is 1. The summed E-state index contributed by atoms with van der Waals surface area (Å²) in [5, 5.41) is 11.7. The molecule has 1 N–H and O–H groups in total. The largest absolute Gasteiger partial charge is 0.507 e. The second-order valence-corrected chi connectivity index (χ2v) is 9.30. The predicted molar refractivity (Wildman–Crippen MR) is 121 cm³/mol. The van der Waals surface area contributed by atoms with Crippen LogP contribution in [0.1, 0.15) is 31.1 Å². The van der Waals surface area contributed by atoms with Crippen molar-refractivity contribution in [2.45, 2.75) is 33.2 Å². The van der Waals surface area contributed by atoms with Crippen LogP contribution in [0.4, 0.5) is 0 Å². The number of aromatic hydroxyl groups is 1. The van der Waals surface area contributed by atoms with Gasteiger partial charge in [-0.15, -0.1) is 11.3 Å². The molecule has 1 saturated heterocycles. The zero-order valence-electron chi connectivity index (χ0n) is 17.1. The van der Waals surface area contributed by atoms with Crippen LogP contribution in [0.25, 0.3) is 31.8 Å². The highest BCUT2D eigenvalue weighted by atomic mass is 32.1. The van der Waals surface area contributed by atoms with Crippen LogP contribution in [-0.2, 0) is 6.54 Å². The first-order valence-corrected chi connectivity index (χ1v) is 11.2. The summed E-state index contributed by atoms with van der Waals surface area (Å²) in [6.45, 7) is 6.62. The summed E-state index contributed by atoms with van der Waals surface area (Å²) in [4.78, 5) is 20.4. The van der Waals surface area contributed by atoms with Gasteiger partial charge in [0.1, 0.15) is 22.1 Å². The van der Waals surface area contributed by atoms with E-state index in [2.05, 4.69) is 16.8 Å². The van der Waals surface area contributed by atoms with Gasteiger partial charge in [0.05, 0.1) is 26.7 Å². The van der Waals surface area contributed by atoms with Crippen molar-refractivity contribution < 1.29 is 9.52 Å². The normalized spacial score (nSPS) is 17.7. The average molecular weight is 421 g/mol. The van der Waals surface area contributed by atoms with Crippen molar-refractivity contribution in [2.75, 3.05) is 13.1 Å². The second-order valence-electron chi connectivity index (χ2n) is 8.27. The Morgan fingerprint density at radius 1 is 1.27 bits per heavy atom. The lowest BCUT2D eigenvalue weighted by Gasteiger charge is -2.31. The molecule has 0 radical (unpaired) electrons. The maximum atomic E-state index is 13.4. The van der Waals surface area contributed by atoms with Crippen molar-refractivity contribution in [1.82, 2.24) is 9.88 Å². The minimum atomic E-state index is -0.0962. The maximum absolute atomic E-state index is 13.4. The number of fused-ring (bicyclic) bond motifs is 2. The third-order valence-corrected chi connectivity index (χ3v) is 7.00. The third kappa shape index (κ3) is 3.30. The van der Waals surface area contributed by atoms with E-state index in [1.807, 2.05) is 24.3 Å². The molecular formula is C24H24N2O3S. The molecule has 1 aliphatic rings. The molecule has 1 aliphatic heterocycles. The molecule has 154 valence electrons. The zero-order valence-corrected chi connectivity index (χ0v) is 18.0. The Hall–Kier alpha value is -2.70. The Labute approximate surface area is 178 Å². The number of nitrogens with zero attached hydrogens (tertiary/aromatic N) is 2. The van der Waals surface area contributed by atoms with E-state index in [1.54, 1.807) is 19.1 Å². The smallest absolute Gasteiger partial charge is 0.203 e. The highest BCUT2D eigenvalue weighted by Gasteiger charge is 2.23. The molecule has 0 saturated carbocycles. The Morgan fingerprint density at radius 2 is 2.10 bits per heavy atom. The molecule has 0 aliphatic carbocycles. The van der Waals surface area contributed by atoms with Gasteiger partial charge in [0.25, 0.3) is 0 Å². The lowest BCUT2D eigenvalue weighted by Crippen LogP contribution is -2.33. The van der Waals surface area contributed by atoms with Gasteiger partial charge in [0, 0.05) is 13.1 Å². The number of aryl methyl sites for hydroxylation is 1. The number of hydrogen-bond donors (Lipinski definition) is 1. The summed E-state index contributed by atoms with van der Waals surface area (Å²) >= 11 is 1.49. The zero-order chi connectivity index (χ0) is 20.8. The average Bonchev–Trinajstić information content (AvgIpc) is 3.14. The number of rotatable bonds is 3. The molecule has 0 amide bonds. The maximum Gasteiger partial charge on any atom is 0.203 e. The fourth-order valence-corrected chi connectivity index (χ4v) is 5.50. The van der Waals surface area contributed by atoms with Crippen LogP contribution in [0.15, 0.2) is 45.6 Å². The van der Waals surface area contributed by atoms with Crippen LogP contribution in [0.2, 0.25) is 0 Å². The van der Waals surface area contributed by atoms with Gasteiger partial charge in [-0.3, -0.25) is 9.69 Å². The van der Waals surface area contributed by atoms with Crippen molar-refractivity contribution in [3.05, 3.63) is 57.9 Å². The first kappa shape index (κ1) is 19.3. The number of phenols is 1. The molecule has 2 aromatic carbocycles. The molecule has 30 heavy (non-hydrogen) atoms. The van der Waals surface area contributed by atoms with Crippen molar-refractivity contribution in [3.63, 3.8) is 0 Å². The molecule has 0 unspecified atom stereocenters. The van der Waals surface area contributed by atoms with Crippen molar-refractivity contribution >= 4 is 32.5 Å². The third-order valence-electron chi connectivity index (χ3n) is 5.95. The molecule has 4 aromatic rings. The topological polar surface area (TPSA) is 66.6 Å². The van der Waals surface area contributed by atoms with Crippen LogP contribution in [0.5, 0.6) is 5.75 Å². The van der Waals surface area contributed by atoms with E-state index < -0.39 is 0 Å². The fraction of sp³-hybridized carbons (Fsp3) is 0.333. The quantitative estimate of drug-likeness (QED) is 0.486. The summed E-state index contributed by atoms with van der Waals surface area (Å²) in [6.07, 6.45) is 2.38. The highest BCUT2D eigenvalue weighted by molar-refractivity contribution is 7.21. The minimum Gasteiger partial charge on any atom is -0.507 e. The molecule has 5 nitrogen and oxygen atoms in total. The van der Waals surface area contributed by atoms with Crippen molar-refractivity contribution in [3.8, 4) is 16.3 Å². The van der Waals surface area contributed by atoms with Gasteiger partial charge >= 0.3 is 0 Å². The van der Waals surface area contributed by atoms with E-state index in [1.165, 1.54) is 17.8 Å². The molecule has 3 heterocycles. The highest BCUT2D eigenvalue weighted by Crippen LogP contribution is 2.34. The van der Waals surface area contributed by atoms with Gasteiger partial charge in [0.15, 0.2) is 0 Å². The number of benzene rings is 2. The van der Waals surface area contributed by atoms with E-state index in [9.17, 15) is 9.90 Å². The molecule has 2 aromatic heterocycles. The van der Waals surface area contributed by atoms with E-state index >= 15 is 0 Å². The van der Waals surface area contributed by atoms with Crippen LogP contribution in [-0.4, -0.2) is 28.1 Å². The van der Waals surface area contributed by atoms with Gasteiger partial charge in [-0.1, -0.05) is 19.1 Å². The van der Waals surface area contributed by atoms with Crippen LogP contribution >= 0.6 is 11.3 Å². The Kier molecular flexibility index (Phi) is 4.83. The number of thiazole rings is 1. The van der Waals surface area contributed by atoms with Crippen molar-refractivity contribution in [1.29, 1.82) is 0 Å². The minimum absolute atomic E-state index is 0.0962. The van der Waals surface area contributed by atoms with Crippen LogP contribution < -0.4 is 5.43 Å². The number of hydrogen-bond acceptors (Lipinski definition) is 6. The SMILES string of the molecule is Cc1oc2c(CN3CCC[C@H](C)C3)c(O)ccc2c(=O)c1-c1nc2ccccc2s1. The Balaban J connectivity index is 1.64. The van der Waals surface area contributed by atoms with Gasteiger partial charge in [0.2, 0.25) is 5.43 Å². The molecule has 1 fully saturated rings. The standard InChI is InChI=1S/C24H24N2O3S/c1-14-6-5-11-26(12-14)13-17-19(27)10-9-16-22(28)21(15(2)29-23(16)17)24-25-18-7-3-4-8-20(18)30-24/h3-4,7-10,14,27H,5-6,11-13H2,1-2H3/t14-/m0/s1. The number of likely N-dealkylation sites (tertiary alicyclic amines) is 1. The molecular weight excluding hydrogens is 396 g/mol. The first-order chi connectivity index (χ1) is 14.5. The summed E-state index contributed by atoms with van der Waals surface area (Å²) in [7, 11) is 0.